The number of hydrogen-bond acceptors (Lipinski definition) is 4. The second-order valence-corrected chi connectivity index (χ2v) is 4.07. The molecule has 0 heterocycles. The summed E-state index contributed by atoms with van der Waals surface area (Å²) in [5.74, 6) is -1.68. The molecule has 19 heavy (non-hydrogen) atoms. The SMILES string of the molecule is CCC[C@H](N)C(=O)Nc1cc(F)ccc1C(=O)OC. The summed E-state index contributed by atoms with van der Waals surface area (Å²) < 4.78 is 17.7. The standard InChI is InChI=1S/C13H17FN2O3/c1-3-4-10(15)12(17)16-11-7-8(14)5-6-9(11)13(18)19-2/h5-7,10H,3-4,15H2,1-2H3,(H,16,17)/t10-/m0/s1. The van der Waals surface area contributed by atoms with Gasteiger partial charge >= 0.3 is 5.97 Å². The summed E-state index contributed by atoms with van der Waals surface area (Å²) in [6, 6.07) is 2.73. The number of methoxy groups -OCH3 is 1. The van der Waals surface area contributed by atoms with E-state index in [0.29, 0.717) is 6.42 Å². The Balaban J connectivity index is 2.96. The third-order valence-electron chi connectivity index (χ3n) is 2.58. The number of esters is 1. The zero-order valence-electron chi connectivity index (χ0n) is 10.9. The minimum Gasteiger partial charge on any atom is -0.465 e. The van der Waals surface area contributed by atoms with Gasteiger partial charge in [-0.25, -0.2) is 9.18 Å². The summed E-state index contributed by atoms with van der Waals surface area (Å²) in [7, 11) is 1.21. The molecule has 0 fully saturated rings. The maximum Gasteiger partial charge on any atom is 0.339 e. The summed E-state index contributed by atoms with van der Waals surface area (Å²) in [4.78, 5) is 23.3. The monoisotopic (exact) mass is 268 g/mol. The second kappa shape index (κ2) is 6.84. The van der Waals surface area contributed by atoms with Gasteiger partial charge in [0, 0.05) is 0 Å². The Hall–Kier alpha value is -1.95. The van der Waals surface area contributed by atoms with Gasteiger partial charge in [0.2, 0.25) is 5.91 Å². The van der Waals surface area contributed by atoms with Crippen molar-refractivity contribution in [2.24, 2.45) is 5.73 Å². The third-order valence-corrected chi connectivity index (χ3v) is 2.58. The minimum atomic E-state index is -0.696. The van der Waals surface area contributed by atoms with Gasteiger partial charge in [-0.1, -0.05) is 13.3 Å². The van der Waals surface area contributed by atoms with E-state index in [1.165, 1.54) is 13.2 Å². The molecular formula is C13H17FN2O3. The van der Waals surface area contributed by atoms with Crippen molar-refractivity contribution < 1.29 is 18.7 Å². The zero-order valence-corrected chi connectivity index (χ0v) is 10.9. The minimum absolute atomic E-state index is 0.0587. The highest BCUT2D eigenvalue weighted by Crippen LogP contribution is 2.18. The van der Waals surface area contributed by atoms with Crippen LogP contribution in [-0.4, -0.2) is 25.0 Å². The first-order valence-corrected chi connectivity index (χ1v) is 5.94. The molecule has 3 N–H and O–H groups in total. The molecule has 1 atom stereocenters. The van der Waals surface area contributed by atoms with Crippen LogP contribution in [0.1, 0.15) is 30.1 Å². The first kappa shape index (κ1) is 15.1. The van der Waals surface area contributed by atoms with Gasteiger partial charge in [0.25, 0.3) is 0 Å². The second-order valence-electron chi connectivity index (χ2n) is 4.07. The topological polar surface area (TPSA) is 81.4 Å². The fraction of sp³-hybridized carbons (Fsp3) is 0.385. The molecule has 1 aromatic rings. The Morgan fingerprint density at radius 3 is 2.74 bits per heavy atom. The lowest BCUT2D eigenvalue weighted by Gasteiger charge is -2.13. The quantitative estimate of drug-likeness (QED) is 0.796. The Morgan fingerprint density at radius 1 is 1.47 bits per heavy atom. The van der Waals surface area contributed by atoms with Crippen LogP contribution in [0, 0.1) is 5.82 Å². The summed E-state index contributed by atoms with van der Waals surface area (Å²) in [5, 5.41) is 2.45. The number of amides is 1. The lowest BCUT2D eigenvalue weighted by Crippen LogP contribution is -2.35. The average Bonchev–Trinajstić information content (AvgIpc) is 2.38. The zero-order chi connectivity index (χ0) is 14.4. The number of halogens is 1. The summed E-state index contributed by atoms with van der Waals surface area (Å²) in [6.45, 7) is 1.90. The van der Waals surface area contributed by atoms with E-state index in [-0.39, 0.29) is 11.3 Å². The number of benzene rings is 1. The van der Waals surface area contributed by atoms with E-state index in [9.17, 15) is 14.0 Å². The number of nitrogens with two attached hydrogens (primary N) is 1. The molecule has 1 rings (SSSR count). The normalized spacial score (nSPS) is 11.8. The van der Waals surface area contributed by atoms with E-state index in [1.54, 1.807) is 0 Å². The molecule has 0 saturated carbocycles. The molecule has 1 amide bonds. The third kappa shape index (κ3) is 4.03. The highest BCUT2D eigenvalue weighted by molar-refractivity contribution is 6.02. The van der Waals surface area contributed by atoms with Crippen molar-refractivity contribution in [1.82, 2.24) is 0 Å². The molecule has 6 heteroatoms. The summed E-state index contributed by atoms with van der Waals surface area (Å²) >= 11 is 0. The van der Waals surface area contributed by atoms with Crippen LogP contribution in [0.15, 0.2) is 18.2 Å². The van der Waals surface area contributed by atoms with E-state index in [0.717, 1.165) is 18.6 Å². The van der Waals surface area contributed by atoms with Gasteiger partial charge in [-0.05, 0) is 24.6 Å². The predicted octanol–water partition coefficient (Wildman–Crippen LogP) is 1.68. The molecule has 104 valence electrons. The van der Waals surface area contributed by atoms with Gasteiger partial charge < -0.3 is 15.8 Å². The van der Waals surface area contributed by atoms with E-state index < -0.39 is 23.7 Å². The van der Waals surface area contributed by atoms with Crippen molar-refractivity contribution in [2.75, 3.05) is 12.4 Å². The lowest BCUT2D eigenvalue weighted by atomic mass is 10.1. The highest BCUT2D eigenvalue weighted by Gasteiger charge is 2.18. The molecule has 0 aromatic heterocycles. The van der Waals surface area contributed by atoms with Crippen LogP contribution >= 0.6 is 0 Å². The smallest absolute Gasteiger partial charge is 0.339 e. The number of rotatable bonds is 5. The van der Waals surface area contributed by atoms with Crippen molar-refractivity contribution in [3.05, 3.63) is 29.6 Å². The van der Waals surface area contributed by atoms with Crippen molar-refractivity contribution in [1.29, 1.82) is 0 Å². The molecule has 0 saturated heterocycles. The van der Waals surface area contributed by atoms with Crippen molar-refractivity contribution in [2.45, 2.75) is 25.8 Å². The number of carbonyl (C=O) groups excluding carboxylic acids is 2. The molecular weight excluding hydrogens is 251 g/mol. The number of ether oxygens (including phenoxy) is 1. The van der Waals surface area contributed by atoms with Crippen molar-refractivity contribution >= 4 is 17.6 Å². The lowest BCUT2D eigenvalue weighted by molar-refractivity contribution is -0.117. The fourth-order valence-electron chi connectivity index (χ4n) is 1.58. The van der Waals surface area contributed by atoms with Crippen LogP contribution in [0.5, 0.6) is 0 Å². The van der Waals surface area contributed by atoms with Crippen molar-refractivity contribution in [3.8, 4) is 0 Å². The van der Waals surface area contributed by atoms with Gasteiger partial charge in [0.05, 0.1) is 24.4 Å². The van der Waals surface area contributed by atoms with Crippen molar-refractivity contribution in [3.63, 3.8) is 0 Å². The van der Waals surface area contributed by atoms with Crippen LogP contribution in [0.2, 0.25) is 0 Å². The fourth-order valence-corrected chi connectivity index (χ4v) is 1.58. The molecule has 5 nitrogen and oxygen atoms in total. The maximum atomic E-state index is 13.2. The van der Waals surface area contributed by atoms with Gasteiger partial charge in [-0.3, -0.25) is 4.79 Å². The van der Waals surface area contributed by atoms with Gasteiger partial charge in [0.1, 0.15) is 5.82 Å². The first-order chi connectivity index (χ1) is 8.99. The van der Waals surface area contributed by atoms with E-state index in [1.807, 2.05) is 6.92 Å². The molecule has 0 radical (unpaired) electrons. The number of nitrogens with one attached hydrogen (secondary N) is 1. The highest BCUT2D eigenvalue weighted by atomic mass is 19.1. The summed E-state index contributed by atoms with van der Waals surface area (Å²) in [5.41, 5.74) is 5.79. The van der Waals surface area contributed by atoms with E-state index in [4.69, 9.17) is 5.73 Å². The molecule has 1 aromatic carbocycles. The average molecular weight is 268 g/mol. The van der Waals surface area contributed by atoms with Crippen LogP contribution in [0.3, 0.4) is 0 Å². The van der Waals surface area contributed by atoms with Crippen LogP contribution < -0.4 is 11.1 Å². The Kier molecular flexibility index (Phi) is 5.44. The molecule has 0 aliphatic rings. The largest absolute Gasteiger partial charge is 0.465 e. The van der Waals surface area contributed by atoms with Crippen LogP contribution in [0.25, 0.3) is 0 Å². The molecule has 0 aliphatic heterocycles. The van der Waals surface area contributed by atoms with Crippen LogP contribution in [-0.2, 0) is 9.53 Å². The molecule has 0 unspecified atom stereocenters. The van der Waals surface area contributed by atoms with Crippen LogP contribution in [0.4, 0.5) is 10.1 Å². The number of carbonyl (C=O) groups is 2. The van der Waals surface area contributed by atoms with E-state index in [2.05, 4.69) is 10.1 Å². The number of anilines is 1. The summed E-state index contributed by atoms with van der Waals surface area (Å²) in [6.07, 6.45) is 1.26. The molecule has 0 aliphatic carbocycles. The van der Waals surface area contributed by atoms with Gasteiger partial charge in [-0.2, -0.15) is 0 Å². The maximum absolute atomic E-state index is 13.2. The Labute approximate surface area is 110 Å². The van der Waals surface area contributed by atoms with E-state index >= 15 is 0 Å². The van der Waals surface area contributed by atoms with Gasteiger partial charge in [0.15, 0.2) is 0 Å². The van der Waals surface area contributed by atoms with Gasteiger partial charge in [-0.15, -0.1) is 0 Å². The predicted molar refractivity (Wildman–Crippen MR) is 69.3 cm³/mol. The Morgan fingerprint density at radius 2 is 2.16 bits per heavy atom. The number of hydrogen-bond donors (Lipinski definition) is 2. The molecule has 0 spiro atoms. The molecule has 0 bridgehead atoms. The Bertz CT molecular complexity index is 477. The first-order valence-electron chi connectivity index (χ1n) is 5.94.